The molecule has 0 aliphatic carbocycles. The molecule has 150 valence electrons. The Labute approximate surface area is 170 Å². The fourth-order valence-electron chi connectivity index (χ4n) is 4.47. The van der Waals surface area contributed by atoms with E-state index in [1.807, 2.05) is 6.07 Å². The fraction of sp³-hybridized carbons (Fsp3) is 0.391. The van der Waals surface area contributed by atoms with Gasteiger partial charge in [-0.1, -0.05) is 36.4 Å². The van der Waals surface area contributed by atoms with Crippen molar-refractivity contribution in [2.75, 3.05) is 19.6 Å². The normalized spacial score (nSPS) is 19.8. The molecule has 5 rings (SSSR count). The summed E-state index contributed by atoms with van der Waals surface area (Å²) in [5.74, 6) is 2.53. The molecule has 2 aromatic carbocycles. The number of rotatable bonds is 4. The summed E-state index contributed by atoms with van der Waals surface area (Å²) in [6.45, 7) is 5.80. The lowest BCUT2D eigenvalue weighted by atomic mass is 9.99. The van der Waals surface area contributed by atoms with Gasteiger partial charge in [0.05, 0.1) is 6.54 Å². The molecule has 1 aromatic heterocycles. The molecule has 2 aliphatic rings. The second kappa shape index (κ2) is 8.05. The maximum atomic E-state index is 13.5. The van der Waals surface area contributed by atoms with E-state index < -0.39 is 0 Å². The monoisotopic (exact) mass is 391 g/mol. The summed E-state index contributed by atoms with van der Waals surface area (Å²) in [6.07, 6.45) is 2.41. The van der Waals surface area contributed by atoms with Gasteiger partial charge in [-0.3, -0.25) is 4.90 Å². The summed E-state index contributed by atoms with van der Waals surface area (Å²) in [5.41, 5.74) is 3.21. The van der Waals surface area contributed by atoms with Crippen LogP contribution in [0.4, 0.5) is 4.39 Å². The van der Waals surface area contributed by atoms with Crippen LogP contribution in [0.1, 0.15) is 36.0 Å². The number of aromatic nitrogens is 3. The lowest BCUT2D eigenvalue weighted by Crippen LogP contribution is -2.35. The van der Waals surface area contributed by atoms with E-state index in [0.717, 1.165) is 62.0 Å². The van der Waals surface area contributed by atoms with Crippen molar-refractivity contribution in [2.45, 2.75) is 38.4 Å². The number of hydrogen-bond donors (Lipinski definition) is 1. The number of nitrogens with one attached hydrogen (secondary N) is 1. The molecule has 3 heterocycles. The first-order valence-electron chi connectivity index (χ1n) is 10.5. The van der Waals surface area contributed by atoms with Crippen LogP contribution in [0, 0.1) is 5.82 Å². The van der Waals surface area contributed by atoms with Crippen molar-refractivity contribution in [3.63, 3.8) is 0 Å². The molecule has 6 heteroatoms. The van der Waals surface area contributed by atoms with Crippen LogP contribution < -0.4 is 5.32 Å². The van der Waals surface area contributed by atoms with Crippen LogP contribution in [0.5, 0.6) is 0 Å². The van der Waals surface area contributed by atoms with Gasteiger partial charge in [0.1, 0.15) is 17.5 Å². The minimum absolute atomic E-state index is 0.201. The Hall–Kier alpha value is -2.57. The number of benzene rings is 2. The van der Waals surface area contributed by atoms with Crippen LogP contribution in [0.2, 0.25) is 0 Å². The van der Waals surface area contributed by atoms with E-state index in [0.29, 0.717) is 5.92 Å². The molecule has 1 fully saturated rings. The van der Waals surface area contributed by atoms with Gasteiger partial charge in [-0.05, 0) is 48.2 Å². The second-order valence-corrected chi connectivity index (χ2v) is 8.09. The SMILES string of the molecule is Fc1cccc(-c2ccc(CN3CCn4c(nnc4C4CCCNC4)C3)cc2)c1. The highest BCUT2D eigenvalue weighted by Crippen LogP contribution is 2.25. The van der Waals surface area contributed by atoms with Gasteiger partial charge >= 0.3 is 0 Å². The zero-order valence-corrected chi connectivity index (χ0v) is 16.5. The van der Waals surface area contributed by atoms with Crippen molar-refractivity contribution >= 4 is 0 Å². The molecule has 5 nitrogen and oxygen atoms in total. The second-order valence-electron chi connectivity index (χ2n) is 8.09. The number of piperidine rings is 1. The Bertz CT molecular complexity index is 975. The predicted octanol–water partition coefficient (Wildman–Crippen LogP) is 3.57. The first-order valence-corrected chi connectivity index (χ1v) is 10.5. The Morgan fingerprint density at radius 1 is 1.03 bits per heavy atom. The van der Waals surface area contributed by atoms with Gasteiger partial charge in [0.15, 0.2) is 0 Å². The lowest BCUT2D eigenvalue weighted by molar-refractivity contribution is 0.205. The van der Waals surface area contributed by atoms with Crippen LogP contribution in [0.25, 0.3) is 11.1 Å². The highest BCUT2D eigenvalue weighted by atomic mass is 19.1. The standard InChI is InChI=1S/C23H26FN5/c24-21-5-1-3-19(13-21)18-8-6-17(7-9-18)15-28-11-12-29-22(16-28)26-27-23(29)20-4-2-10-25-14-20/h1,3,5-9,13,20,25H,2,4,10-12,14-16H2. The average Bonchev–Trinajstić information content (AvgIpc) is 3.18. The molecule has 0 saturated carbocycles. The van der Waals surface area contributed by atoms with Crippen LogP contribution in [0.3, 0.4) is 0 Å². The number of fused-ring (bicyclic) bond motifs is 1. The number of hydrogen-bond acceptors (Lipinski definition) is 4. The van der Waals surface area contributed by atoms with Gasteiger partial charge in [-0.25, -0.2) is 4.39 Å². The van der Waals surface area contributed by atoms with E-state index in [1.165, 1.54) is 24.5 Å². The largest absolute Gasteiger partial charge is 0.316 e. The summed E-state index contributed by atoms with van der Waals surface area (Å²) in [7, 11) is 0. The van der Waals surface area contributed by atoms with Crippen molar-refractivity contribution in [1.82, 2.24) is 25.0 Å². The molecule has 1 atom stereocenters. The first-order chi connectivity index (χ1) is 14.3. The fourth-order valence-corrected chi connectivity index (χ4v) is 4.47. The average molecular weight is 391 g/mol. The topological polar surface area (TPSA) is 46.0 Å². The smallest absolute Gasteiger partial charge is 0.147 e. The maximum absolute atomic E-state index is 13.5. The highest BCUT2D eigenvalue weighted by Gasteiger charge is 2.26. The zero-order valence-electron chi connectivity index (χ0n) is 16.5. The molecule has 1 unspecified atom stereocenters. The quantitative estimate of drug-likeness (QED) is 0.739. The van der Waals surface area contributed by atoms with Crippen molar-refractivity contribution in [3.05, 3.63) is 71.6 Å². The number of nitrogens with zero attached hydrogens (tertiary/aromatic N) is 4. The van der Waals surface area contributed by atoms with E-state index in [2.05, 4.69) is 49.2 Å². The third kappa shape index (κ3) is 3.95. The van der Waals surface area contributed by atoms with Gasteiger partial charge in [-0.15, -0.1) is 10.2 Å². The Morgan fingerprint density at radius 2 is 1.93 bits per heavy atom. The number of halogens is 1. The summed E-state index contributed by atoms with van der Waals surface area (Å²) < 4.78 is 15.8. The molecule has 2 aliphatic heterocycles. The molecular formula is C23H26FN5. The van der Waals surface area contributed by atoms with Gasteiger partial charge in [0, 0.05) is 32.1 Å². The molecule has 3 aromatic rings. The van der Waals surface area contributed by atoms with Crippen LogP contribution >= 0.6 is 0 Å². The molecular weight excluding hydrogens is 365 g/mol. The van der Waals surface area contributed by atoms with Gasteiger partial charge in [-0.2, -0.15) is 0 Å². The van der Waals surface area contributed by atoms with E-state index in [9.17, 15) is 4.39 Å². The Morgan fingerprint density at radius 3 is 2.72 bits per heavy atom. The van der Waals surface area contributed by atoms with Crippen LogP contribution in [0.15, 0.2) is 48.5 Å². The van der Waals surface area contributed by atoms with Gasteiger partial charge in [0.25, 0.3) is 0 Å². The van der Waals surface area contributed by atoms with Crippen LogP contribution in [-0.2, 0) is 19.6 Å². The molecule has 1 saturated heterocycles. The van der Waals surface area contributed by atoms with Crippen molar-refractivity contribution < 1.29 is 4.39 Å². The van der Waals surface area contributed by atoms with E-state index >= 15 is 0 Å². The maximum Gasteiger partial charge on any atom is 0.147 e. The molecule has 1 N–H and O–H groups in total. The highest BCUT2D eigenvalue weighted by molar-refractivity contribution is 5.63. The minimum atomic E-state index is -0.201. The lowest BCUT2D eigenvalue weighted by Gasteiger charge is -2.29. The van der Waals surface area contributed by atoms with Gasteiger partial charge < -0.3 is 9.88 Å². The molecule has 0 bridgehead atoms. The van der Waals surface area contributed by atoms with Crippen molar-refractivity contribution in [3.8, 4) is 11.1 Å². The molecule has 0 radical (unpaired) electrons. The third-order valence-electron chi connectivity index (χ3n) is 6.04. The zero-order chi connectivity index (χ0) is 19.6. The third-order valence-corrected chi connectivity index (χ3v) is 6.04. The Kier molecular flexibility index (Phi) is 5.12. The minimum Gasteiger partial charge on any atom is -0.316 e. The first kappa shape index (κ1) is 18.5. The predicted molar refractivity (Wildman–Crippen MR) is 111 cm³/mol. The van der Waals surface area contributed by atoms with Crippen LogP contribution in [-0.4, -0.2) is 39.3 Å². The Balaban J connectivity index is 1.25. The molecule has 0 spiro atoms. The summed E-state index contributed by atoms with van der Waals surface area (Å²) in [4.78, 5) is 2.42. The van der Waals surface area contributed by atoms with E-state index in [-0.39, 0.29) is 5.82 Å². The van der Waals surface area contributed by atoms with Gasteiger partial charge in [0.2, 0.25) is 0 Å². The molecule has 0 amide bonds. The van der Waals surface area contributed by atoms with Crippen molar-refractivity contribution in [1.29, 1.82) is 0 Å². The van der Waals surface area contributed by atoms with E-state index in [1.54, 1.807) is 12.1 Å². The van der Waals surface area contributed by atoms with E-state index in [4.69, 9.17) is 0 Å². The molecule has 29 heavy (non-hydrogen) atoms. The summed E-state index contributed by atoms with van der Waals surface area (Å²) in [5, 5.41) is 12.5. The van der Waals surface area contributed by atoms with Crippen molar-refractivity contribution in [2.24, 2.45) is 0 Å². The summed E-state index contributed by atoms with van der Waals surface area (Å²) in [6, 6.07) is 15.2. The summed E-state index contributed by atoms with van der Waals surface area (Å²) >= 11 is 0.